The van der Waals surface area contributed by atoms with Crippen molar-refractivity contribution in [3.8, 4) is 0 Å². The second kappa shape index (κ2) is 9.30. The minimum atomic E-state index is -0.615. The highest BCUT2D eigenvalue weighted by atomic mass is 16.3. The summed E-state index contributed by atoms with van der Waals surface area (Å²) in [6.07, 6.45) is 13.9. The first-order valence-corrected chi connectivity index (χ1v) is 12.2. The molecule has 170 valence electrons. The summed E-state index contributed by atoms with van der Waals surface area (Å²) < 4.78 is 0. The second-order valence-corrected chi connectivity index (χ2v) is 11.3. The van der Waals surface area contributed by atoms with Gasteiger partial charge in [0.1, 0.15) is 0 Å². The summed E-state index contributed by atoms with van der Waals surface area (Å²) in [6, 6.07) is 0. The van der Waals surface area contributed by atoms with Crippen LogP contribution in [0.25, 0.3) is 0 Å². The van der Waals surface area contributed by atoms with Crippen LogP contribution in [0.5, 0.6) is 0 Å². The summed E-state index contributed by atoms with van der Waals surface area (Å²) >= 11 is 0. The zero-order valence-corrected chi connectivity index (χ0v) is 19.7. The molecule has 3 aliphatic rings. The van der Waals surface area contributed by atoms with Crippen molar-refractivity contribution in [1.82, 2.24) is 0 Å². The molecule has 0 unspecified atom stereocenters. The van der Waals surface area contributed by atoms with E-state index in [1.54, 1.807) is 5.57 Å². The van der Waals surface area contributed by atoms with Crippen LogP contribution in [-0.4, -0.2) is 33.1 Å². The monoisotopic (exact) mass is 416 g/mol. The smallest absolute Gasteiger partial charge is 0.0811 e. The lowest BCUT2D eigenvalue weighted by Gasteiger charge is -2.44. The van der Waals surface area contributed by atoms with Gasteiger partial charge >= 0.3 is 0 Å². The number of fused-ring (bicyclic) bond motifs is 1. The van der Waals surface area contributed by atoms with Crippen LogP contribution >= 0.6 is 0 Å². The van der Waals surface area contributed by atoms with Crippen LogP contribution in [-0.2, 0) is 0 Å². The molecule has 0 saturated heterocycles. The van der Waals surface area contributed by atoms with Gasteiger partial charge in [-0.1, -0.05) is 51.0 Å². The third-order valence-corrected chi connectivity index (χ3v) is 8.44. The van der Waals surface area contributed by atoms with E-state index in [1.165, 1.54) is 38.5 Å². The normalized spacial score (nSPS) is 38.8. The third-order valence-electron chi connectivity index (χ3n) is 8.44. The predicted molar refractivity (Wildman–Crippen MR) is 124 cm³/mol. The van der Waals surface area contributed by atoms with Crippen molar-refractivity contribution >= 4 is 0 Å². The van der Waals surface area contributed by atoms with Gasteiger partial charge in [0.15, 0.2) is 0 Å². The summed E-state index contributed by atoms with van der Waals surface area (Å²) in [6.45, 7) is 12.8. The number of allylic oxidation sites excluding steroid dienone is 3. The van der Waals surface area contributed by atoms with E-state index in [-0.39, 0.29) is 0 Å². The fourth-order valence-electron chi connectivity index (χ4n) is 6.74. The van der Waals surface area contributed by atoms with Crippen molar-refractivity contribution in [1.29, 1.82) is 0 Å². The van der Waals surface area contributed by atoms with E-state index in [9.17, 15) is 15.3 Å². The van der Waals surface area contributed by atoms with Gasteiger partial charge in [0.25, 0.3) is 0 Å². The molecule has 3 heteroatoms. The zero-order chi connectivity index (χ0) is 22.1. The van der Waals surface area contributed by atoms with Gasteiger partial charge < -0.3 is 15.3 Å². The molecule has 0 heterocycles. The van der Waals surface area contributed by atoms with E-state index in [0.29, 0.717) is 30.1 Å². The molecule has 0 bridgehead atoms. The SMILES string of the molecule is C=C1/C(=C\C=C2CCC[C@@]3(C)[C@@H]2CC[C@@H]3[C@H](C)CCCC(C)(C)O)C[C@@H](O)C[C@H]1O. The van der Waals surface area contributed by atoms with Crippen LogP contribution in [0, 0.1) is 23.2 Å². The van der Waals surface area contributed by atoms with E-state index in [0.717, 1.165) is 29.9 Å². The van der Waals surface area contributed by atoms with E-state index in [1.807, 2.05) is 13.8 Å². The summed E-state index contributed by atoms with van der Waals surface area (Å²) in [5.41, 5.74) is 3.17. The fourth-order valence-corrected chi connectivity index (χ4v) is 6.74. The Kier molecular flexibility index (Phi) is 7.37. The number of rotatable bonds is 6. The lowest BCUT2D eigenvalue weighted by Crippen LogP contribution is -2.36. The molecule has 0 spiro atoms. The molecular formula is C27H44O3. The largest absolute Gasteiger partial charge is 0.393 e. The highest BCUT2D eigenvalue weighted by molar-refractivity contribution is 5.38. The Bertz CT molecular complexity index is 683. The Balaban J connectivity index is 1.70. The number of hydrogen-bond acceptors (Lipinski definition) is 3. The lowest BCUT2D eigenvalue weighted by molar-refractivity contribution is 0.0596. The topological polar surface area (TPSA) is 60.7 Å². The van der Waals surface area contributed by atoms with Gasteiger partial charge in [0.05, 0.1) is 17.8 Å². The molecule has 6 atom stereocenters. The van der Waals surface area contributed by atoms with Crippen molar-refractivity contribution in [2.45, 2.75) is 110 Å². The van der Waals surface area contributed by atoms with E-state index >= 15 is 0 Å². The maximum absolute atomic E-state index is 10.1. The van der Waals surface area contributed by atoms with Crippen LogP contribution < -0.4 is 0 Å². The van der Waals surface area contributed by atoms with Gasteiger partial charge in [-0.3, -0.25) is 0 Å². The molecule has 0 aliphatic heterocycles. The predicted octanol–water partition coefficient (Wildman–Crippen LogP) is 5.70. The number of hydrogen-bond donors (Lipinski definition) is 3. The van der Waals surface area contributed by atoms with Crippen LogP contribution in [0.4, 0.5) is 0 Å². The third kappa shape index (κ3) is 5.29. The van der Waals surface area contributed by atoms with E-state index in [4.69, 9.17) is 0 Å². The molecule has 3 aliphatic carbocycles. The minimum absolute atomic E-state index is 0.374. The quantitative estimate of drug-likeness (QED) is 0.520. The molecule has 3 fully saturated rings. The molecule has 30 heavy (non-hydrogen) atoms. The highest BCUT2D eigenvalue weighted by Crippen LogP contribution is 2.60. The molecule has 0 aromatic heterocycles. The molecule has 3 nitrogen and oxygen atoms in total. The van der Waals surface area contributed by atoms with Gasteiger partial charge in [-0.15, -0.1) is 0 Å². The van der Waals surface area contributed by atoms with Gasteiger partial charge in [-0.2, -0.15) is 0 Å². The maximum atomic E-state index is 10.1. The standard InChI is InChI=1S/C27H44O3/c1-18(8-6-14-26(3,4)30)23-12-13-24-20(9-7-15-27(23,24)5)10-11-21-16-22(28)17-25(29)19(21)2/h10-11,18,22-25,28-30H,2,6-9,12-17H2,1,3-5H3/b20-10?,21-11-/t18-,22-,23-,24-,25-,27-/m1/s1. The summed E-state index contributed by atoms with van der Waals surface area (Å²) in [7, 11) is 0. The van der Waals surface area contributed by atoms with Gasteiger partial charge in [-0.25, -0.2) is 0 Å². The van der Waals surface area contributed by atoms with E-state index in [2.05, 4.69) is 32.6 Å². The summed E-state index contributed by atoms with van der Waals surface area (Å²) in [5.74, 6) is 2.11. The second-order valence-electron chi connectivity index (χ2n) is 11.3. The van der Waals surface area contributed by atoms with Gasteiger partial charge in [0.2, 0.25) is 0 Å². The van der Waals surface area contributed by atoms with Crippen LogP contribution in [0.15, 0.2) is 35.5 Å². The fraction of sp³-hybridized carbons (Fsp3) is 0.778. The van der Waals surface area contributed by atoms with Crippen LogP contribution in [0.2, 0.25) is 0 Å². The molecule has 0 radical (unpaired) electrons. The molecule has 3 saturated carbocycles. The molecule has 0 aromatic rings. The Morgan fingerprint density at radius 2 is 1.97 bits per heavy atom. The number of aliphatic hydroxyl groups excluding tert-OH is 2. The lowest BCUT2D eigenvalue weighted by atomic mass is 9.60. The molecule has 0 amide bonds. The first kappa shape index (κ1) is 23.8. The van der Waals surface area contributed by atoms with Crippen molar-refractivity contribution < 1.29 is 15.3 Å². The Labute approximate surface area is 184 Å². The van der Waals surface area contributed by atoms with E-state index < -0.39 is 17.8 Å². The Hall–Kier alpha value is -0.900. The first-order chi connectivity index (χ1) is 14.0. The average Bonchev–Trinajstić information content (AvgIpc) is 3.00. The molecule has 3 N–H and O–H groups in total. The Morgan fingerprint density at radius 3 is 2.67 bits per heavy atom. The highest BCUT2D eigenvalue weighted by Gasteiger charge is 2.50. The summed E-state index contributed by atoms with van der Waals surface area (Å²) in [4.78, 5) is 0. The Morgan fingerprint density at radius 1 is 1.23 bits per heavy atom. The molecule has 0 aromatic carbocycles. The van der Waals surface area contributed by atoms with Gasteiger partial charge in [0, 0.05) is 6.42 Å². The van der Waals surface area contributed by atoms with Gasteiger partial charge in [-0.05, 0) is 93.1 Å². The summed E-state index contributed by atoms with van der Waals surface area (Å²) in [5, 5.41) is 30.2. The molecular weight excluding hydrogens is 372 g/mol. The van der Waals surface area contributed by atoms with Crippen LogP contribution in [0.1, 0.15) is 91.9 Å². The minimum Gasteiger partial charge on any atom is -0.393 e. The molecule has 3 rings (SSSR count). The van der Waals surface area contributed by atoms with Crippen LogP contribution in [0.3, 0.4) is 0 Å². The van der Waals surface area contributed by atoms with Crippen molar-refractivity contribution in [2.75, 3.05) is 0 Å². The number of aliphatic hydroxyl groups is 3. The zero-order valence-electron chi connectivity index (χ0n) is 19.7. The van der Waals surface area contributed by atoms with Crippen molar-refractivity contribution in [3.05, 3.63) is 35.5 Å². The first-order valence-electron chi connectivity index (χ1n) is 12.2. The maximum Gasteiger partial charge on any atom is 0.0811 e. The average molecular weight is 417 g/mol. The van der Waals surface area contributed by atoms with Crippen molar-refractivity contribution in [2.24, 2.45) is 23.2 Å². The van der Waals surface area contributed by atoms with Crippen molar-refractivity contribution in [3.63, 3.8) is 0 Å².